The minimum absolute atomic E-state index is 0. The van der Waals surface area contributed by atoms with E-state index < -0.39 is 0 Å². The van der Waals surface area contributed by atoms with Gasteiger partial charge in [-0.05, 0) is 101 Å². The number of rotatable bonds is 6. The van der Waals surface area contributed by atoms with Gasteiger partial charge in [0.2, 0.25) is 0 Å². The Bertz CT molecular complexity index is 2420. The van der Waals surface area contributed by atoms with Gasteiger partial charge in [0.05, 0.1) is 0 Å². The molecule has 1 aromatic rings. The Balaban J connectivity index is 0.000000762. The number of aromatic hydroxyl groups is 1. The Morgan fingerprint density at radius 1 is 0.388 bits per heavy atom. The van der Waals surface area contributed by atoms with Crippen LogP contribution in [0.5, 0.6) is 5.75 Å². The van der Waals surface area contributed by atoms with Crippen molar-refractivity contribution in [2.75, 3.05) is 175 Å². The molecule has 0 spiro atoms. The van der Waals surface area contributed by atoms with Crippen LogP contribution in [0.3, 0.4) is 0 Å². The predicted molar refractivity (Wildman–Crippen MR) is 512 cm³/mol. The second-order valence-corrected chi connectivity index (χ2v) is 44.3. The molecule has 121 heavy (non-hydrogen) atoms. The van der Waals surface area contributed by atoms with E-state index in [2.05, 4.69) is 196 Å². The largest absolute Gasteiger partial charge is 3.00 e. The van der Waals surface area contributed by atoms with E-state index in [1.54, 1.807) is 12.1 Å². The molecule has 0 amide bonds. The third-order valence-corrected chi connectivity index (χ3v) is 26.3. The van der Waals surface area contributed by atoms with E-state index in [1.165, 1.54) is 170 Å². The molecule has 4 saturated heterocycles. The summed E-state index contributed by atoms with van der Waals surface area (Å²) in [5.41, 5.74) is 1.26. The van der Waals surface area contributed by atoms with Crippen LogP contribution in [-0.2, 0) is 75.5 Å². The van der Waals surface area contributed by atoms with Gasteiger partial charge >= 0.3 is 117 Å². The molecule has 6 saturated carbocycles. The van der Waals surface area contributed by atoms with Gasteiger partial charge in [-0.3, -0.25) is 0 Å². The molecule has 0 radical (unpaired) electrons. The third-order valence-electron chi connectivity index (χ3n) is 23.4. The first-order valence-electron chi connectivity index (χ1n) is 45.1. The van der Waals surface area contributed by atoms with Crippen LogP contribution in [0, 0.1) is 10.7 Å². The monoisotopic (exact) mass is 2080 g/mol. The summed E-state index contributed by atoms with van der Waals surface area (Å²) in [6, 6.07) is 16.7. The van der Waals surface area contributed by atoms with Crippen LogP contribution in [0.2, 0.25) is 0 Å². The van der Waals surface area contributed by atoms with Crippen molar-refractivity contribution in [2.24, 2.45) is 0 Å². The summed E-state index contributed by atoms with van der Waals surface area (Å²) in [4.78, 5) is 0. The van der Waals surface area contributed by atoms with Crippen molar-refractivity contribution in [3.63, 3.8) is 0 Å². The number of benzene rings is 1. The summed E-state index contributed by atoms with van der Waals surface area (Å²) in [6.07, 6.45) is 33.2. The topological polar surface area (TPSA) is 307 Å². The average molecular weight is 2080 g/mol. The summed E-state index contributed by atoms with van der Waals surface area (Å²) >= 11 is 11.8. The predicted octanol–water partition coefficient (Wildman–Crippen LogP) is 6.58. The summed E-state index contributed by atoms with van der Waals surface area (Å²) in [7, 11) is 28.7. The van der Waals surface area contributed by atoms with E-state index >= 15 is 0 Å². The minimum atomic E-state index is 0. The summed E-state index contributed by atoms with van der Waals surface area (Å²) < 4.78 is 0.634. The van der Waals surface area contributed by atoms with Gasteiger partial charge in [-0.2, -0.15) is 28.7 Å². The molecule has 4 heterocycles. The first-order chi connectivity index (χ1) is 57.9. The molecule has 11 rings (SSSR count). The molecule has 10 aliphatic rings. The molecule has 711 valence electrons. The van der Waals surface area contributed by atoms with Crippen LogP contribution in [-0.4, -0.2) is 286 Å². The van der Waals surface area contributed by atoms with Crippen molar-refractivity contribution in [1.29, 1.82) is 5.26 Å². The number of nitriles is 1. The van der Waals surface area contributed by atoms with Crippen LogP contribution in [0.4, 0.5) is 0 Å². The van der Waals surface area contributed by atoms with E-state index in [0.29, 0.717) is 106 Å². The second-order valence-electron chi connectivity index (χ2n) is 34.6. The molecular weight excluding hydrogens is 1920 g/mol. The van der Waals surface area contributed by atoms with Crippen LogP contribution < -0.4 is 119 Å². The van der Waals surface area contributed by atoms with E-state index in [9.17, 15) is 5.11 Å². The number of halogens is 7. The van der Waals surface area contributed by atoms with Crippen molar-refractivity contribution in [1.82, 2.24) is 106 Å². The SMILES string of the molecule is C1CCC2NCCNC3CCCCC3NCCNCCNC2C1.C1CCC2NCCNC3CCCCC3NCCNCCNC2C1.CC(C)(C)SC[C@H]1CNC2CCCCC2NC[C@@H](CSC(C)(C)C)NCCNCCN1.N#C[S-].Oc1ccc(C[C@H]2CNC3CCCCC3NCCNCCNCCN2)cc1.[Cl-].[Cl][Fe+][Cl].[Cl][Mn][Cl].[Cl][Mn][Cl].[Mn+3].[N-]=C=S. The number of hydrogen-bond acceptors (Lipinski definition) is 26. The molecule has 0 bridgehead atoms. The van der Waals surface area contributed by atoms with Crippen molar-refractivity contribution in [2.45, 2.75) is 302 Å². The first kappa shape index (κ1) is 122. The Labute approximate surface area is 815 Å². The van der Waals surface area contributed by atoms with Crippen molar-refractivity contribution < 1.29 is 74.0 Å². The molecule has 10 fully saturated rings. The molecule has 4 aliphatic heterocycles. The molecular formula is C83H162Cl7FeMn3N22OS4+. The quantitative estimate of drug-likeness (QED) is 0.0470. The maximum Gasteiger partial charge on any atom is 3.00 e. The van der Waals surface area contributed by atoms with Crippen LogP contribution in [0.1, 0.15) is 201 Å². The van der Waals surface area contributed by atoms with Crippen molar-refractivity contribution >= 4 is 114 Å². The molecule has 15 atom stereocenters. The van der Waals surface area contributed by atoms with E-state index in [1.807, 2.05) is 12.1 Å². The first-order valence-corrected chi connectivity index (χ1v) is 57.4. The fourth-order valence-corrected chi connectivity index (χ4v) is 19.3. The van der Waals surface area contributed by atoms with Crippen LogP contribution in [0.25, 0.3) is 5.41 Å². The Kier molecular flexibility index (Phi) is 82.4. The summed E-state index contributed by atoms with van der Waals surface area (Å²) in [5, 5.41) is 102. The van der Waals surface area contributed by atoms with Gasteiger partial charge < -0.3 is 142 Å². The van der Waals surface area contributed by atoms with Gasteiger partial charge in [0, 0.05) is 275 Å². The standard InChI is InChI=1S/C24H51N5S2.C21H37N5O.2C18H37N5.CHNS.CNS.7ClH.Fe.3Mn/c1-23(2,3)30-17-19-15-28-21-9-7-8-10-22(21)29-16-20(18-31-24(4,5)6)27-14-12-25-11-13-26-19;27-19-7-5-17(6-8-19)15-18-16-26-21-4-2-1-3-20(21)25-14-12-23-10-9-22-11-13-24-18;2*1-3-7-17-15(5-1)20-11-9-19-10-12-21-16-6-2-4-8-18(16)23-14-13-22-17;2*2-1-3;;;;;;;;;;;/h19-22,25-29H,7-18H2,1-6H3;5-8,18,20-27H,1-4,9-16H2;2*15-23H,1-14H2;3H;;7*1H;;;;/q;;;;;-1;;;;;;;;+3;2*+2;+3/p-8/t19-,20+,21?,22?;18-,20?,21?;;;;;;;;;;;;;;;/m.0.............../s1. The third kappa shape index (κ3) is 64.2. The fraction of sp³-hybridized carbons (Fsp3) is 0.904. The second kappa shape index (κ2) is 82.0. The van der Waals surface area contributed by atoms with E-state index in [-0.39, 0.29) is 68.9 Å². The van der Waals surface area contributed by atoms with Gasteiger partial charge in [-0.1, -0.05) is 148 Å². The average Bonchev–Trinajstić information content (AvgIpc) is 0.999. The smallest absolute Gasteiger partial charge is 0.753 e. The van der Waals surface area contributed by atoms with E-state index in [4.69, 9.17) is 71.3 Å². The fourth-order valence-electron chi connectivity index (χ4n) is 17.5. The molecule has 23 nitrogen and oxygen atoms in total. The summed E-state index contributed by atoms with van der Waals surface area (Å²) in [6.45, 7) is 40.3. The number of thiocyanates is 1. The maximum absolute atomic E-state index is 9.52. The number of thioether (sulfide) groups is 2. The van der Waals surface area contributed by atoms with Crippen molar-refractivity contribution in [3.05, 3.63) is 35.2 Å². The number of nitrogens with zero attached hydrogens (tertiary/aromatic N) is 2. The normalized spacial score (nSPS) is 29.7. The van der Waals surface area contributed by atoms with Gasteiger partial charge in [-0.15, -0.1) is 0 Å². The number of phenols is 1. The van der Waals surface area contributed by atoms with Gasteiger partial charge in [0.15, 0.2) is 0 Å². The number of nitrogens with one attached hydrogen (secondary N) is 20. The van der Waals surface area contributed by atoms with Gasteiger partial charge in [-0.25, -0.2) is 5.26 Å². The number of phenolic OH excluding ortho intramolecular Hbond substituents is 1. The van der Waals surface area contributed by atoms with E-state index in [0.717, 1.165) is 182 Å². The van der Waals surface area contributed by atoms with Gasteiger partial charge in [0.25, 0.3) is 0 Å². The van der Waals surface area contributed by atoms with Crippen LogP contribution >= 0.6 is 96.3 Å². The van der Waals surface area contributed by atoms with Crippen molar-refractivity contribution in [3.8, 4) is 11.2 Å². The molecule has 1 aromatic carbocycles. The van der Waals surface area contributed by atoms with Crippen LogP contribution in [0.15, 0.2) is 24.3 Å². The molecule has 0 aromatic heterocycles. The Morgan fingerprint density at radius 2 is 0.554 bits per heavy atom. The number of fused-ring (bicyclic) bond motifs is 6. The molecule has 6 aliphatic carbocycles. The zero-order valence-electron chi connectivity index (χ0n) is 73.8. The zero-order valence-corrected chi connectivity index (χ0v) is 87.0. The molecule has 12 unspecified atom stereocenters. The Hall–Kier alpha value is 2.54. The zero-order chi connectivity index (χ0) is 86.5. The molecule has 38 heteroatoms. The Morgan fingerprint density at radius 3 is 0.760 bits per heavy atom. The number of hydrogen-bond donors (Lipinski definition) is 21. The number of thiocarbonyl (C=S) groups is 1. The maximum atomic E-state index is 9.52. The minimum Gasteiger partial charge on any atom is -0.753 e. The van der Waals surface area contributed by atoms with Gasteiger partial charge in [0.1, 0.15) is 5.75 Å². The number of isothiocyanates is 1. The summed E-state index contributed by atoms with van der Waals surface area (Å²) in [5.74, 6) is 2.66. The molecule has 21 N–H and O–H groups in total.